The number of benzene rings is 1. The van der Waals surface area contributed by atoms with Crippen molar-refractivity contribution in [3.63, 3.8) is 0 Å². The molecule has 1 aliphatic rings. The van der Waals surface area contributed by atoms with Gasteiger partial charge in [-0.1, -0.05) is 6.07 Å². The molecule has 1 aromatic heterocycles. The van der Waals surface area contributed by atoms with Gasteiger partial charge in [-0.15, -0.1) is 0 Å². The highest BCUT2D eigenvalue weighted by Gasteiger charge is 2.36. The van der Waals surface area contributed by atoms with Gasteiger partial charge in [-0.2, -0.15) is 0 Å². The molecule has 3 rings (SSSR count). The quantitative estimate of drug-likeness (QED) is 0.908. The summed E-state index contributed by atoms with van der Waals surface area (Å²) in [7, 11) is 1.53. The summed E-state index contributed by atoms with van der Waals surface area (Å²) in [5.41, 5.74) is 0.465. The maximum atomic E-state index is 13.5. The maximum Gasteiger partial charge on any atom is 0.255 e. The number of carbonyl (C=O) groups excluding carboxylic acids is 1. The van der Waals surface area contributed by atoms with Crippen LogP contribution in [0.4, 0.5) is 8.78 Å². The van der Waals surface area contributed by atoms with Gasteiger partial charge in [0.1, 0.15) is 0 Å². The summed E-state index contributed by atoms with van der Waals surface area (Å²) < 4.78 is 27.9. The van der Waals surface area contributed by atoms with E-state index in [1.54, 1.807) is 0 Å². The summed E-state index contributed by atoms with van der Waals surface area (Å²) in [5.74, 6) is -2.34. The Morgan fingerprint density at radius 3 is 2.62 bits per heavy atom. The summed E-state index contributed by atoms with van der Waals surface area (Å²) in [6.45, 7) is 0.0886. The molecule has 0 bridgehead atoms. The van der Waals surface area contributed by atoms with Crippen LogP contribution in [0.25, 0.3) is 0 Å². The lowest BCUT2D eigenvalue weighted by Gasteiger charge is -2.25. The fraction of sp³-hybridized carbons (Fsp3) is 0.294. The van der Waals surface area contributed by atoms with Crippen LogP contribution in [-0.2, 0) is 7.05 Å². The SMILES string of the molecule is Cn1cc(C(=O)N2C[C@@H](O)C[C@H]2c2ccc(F)c(F)c2)ccc1=O. The van der Waals surface area contributed by atoms with Crippen LogP contribution < -0.4 is 5.56 Å². The number of aliphatic hydroxyl groups excluding tert-OH is 1. The Balaban J connectivity index is 1.94. The third kappa shape index (κ3) is 2.94. The fourth-order valence-corrected chi connectivity index (χ4v) is 2.96. The molecule has 0 radical (unpaired) electrons. The summed E-state index contributed by atoms with van der Waals surface area (Å²) in [5, 5.41) is 9.93. The Hall–Kier alpha value is -2.54. The van der Waals surface area contributed by atoms with E-state index in [2.05, 4.69) is 0 Å². The Labute approximate surface area is 136 Å². The Morgan fingerprint density at radius 1 is 1.21 bits per heavy atom. The second-order valence-corrected chi connectivity index (χ2v) is 5.90. The molecule has 2 heterocycles. The molecule has 0 aliphatic carbocycles. The van der Waals surface area contributed by atoms with Gasteiger partial charge in [0.15, 0.2) is 11.6 Å². The van der Waals surface area contributed by atoms with E-state index in [9.17, 15) is 23.5 Å². The summed E-state index contributed by atoms with van der Waals surface area (Å²) in [6.07, 6.45) is 0.903. The molecule has 1 aliphatic heterocycles. The molecule has 1 saturated heterocycles. The van der Waals surface area contributed by atoms with Gasteiger partial charge in [0.25, 0.3) is 5.91 Å². The van der Waals surface area contributed by atoms with Crippen molar-refractivity contribution in [2.24, 2.45) is 7.05 Å². The molecule has 0 saturated carbocycles. The van der Waals surface area contributed by atoms with Crippen LogP contribution in [0.5, 0.6) is 0 Å². The van der Waals surface area contributed by atoms with Crippen LogP contribution in [0.1, 0.15) is 28.4 Å². The first-order valence-corrected chi connectivity index (χ1v) is 7.47. The van der Waals surface area contributed by atoms with E-state index >= 15 is 0 Å². The largest absolute Gasteiger partial charge is 0.391 e. The van der Waals surface area contributed by atoms with Crippen molar-refractivity contribution in [3.8, 4) is 0 Å². The molecule has 1 amide bonds. The normalized spacial score (nSPS) is 20.4. The summed E-state index contributed by atoms with van der Waals surface area (Å²) >= 11 is 0. The van der Waals surface area contributed by atoms with Gasteiger partial charge in [0.2, 0.25) is 5.56 Å². The smallest absolute Gasteiger partial charge is 0.255 e. The lowest BCUT2D eigenvalue weighted by molar-refractivity contribution is 0.0714. The number of amides is 1. The molecule has 0 spiro atoms. The number of pyridine rings is 1. The molecule has 1 fully saturated rings. The number of nitrogens with zero attached hydrogens (tertiary/aromatic N) is 2. The fourth-order valence-electron chi connectivity index (χ4n) is 2.96. The van der Waals surface area contributed by atoms with Crippen molar-refractivity contribution in [3.05, 3.63) is 69.6 Å². The van der Waals surface area contributed by atoms with E-state index in [0.717, 1.165) is 12.1 Å². The molecule has 7 heteroatoms. The highest BCUT2D eigenvalue weighted by Crippen LogP contribution is 2.33. The zero-order valence-electron chi connectivity index (χ0n) is 12.9. The number of aromatic nitrogens is 1. The monoisotopic (exact) mass is 334 g/mol. The minimum Gasteiger partial charge on any atom is -0.391 e. The zero-order chi connectivity index (χ0) is 17.4. The number of hydrogen-bond donors (Lipinski definition) is 1. The number of likely N-dealkylation sites (tertiary alicyclic amines) is 1. The zero-order valence-corrected chi connectivity index (χ0v) is 12.9. The Bertz CT molecular complexity index is 850. The van der Waals surface area contributed by atoms with E-state index in [4.69, 9.17) is 0 Å². The van der Waals surface area contributed by atoms with Crippen LogP contribution in [0.3, 0.4) is 0 Å². The van der Waals surface area contributed by atoms with E-state index in [-0.39, 0.29) is 24.4 Å². The number of carbonyl (C=O) groups is 1. The molecule has 126 valence electrons. The summed E-state index contributed by atoms with van der Waals surface area (Å²) in [4.78, 5) is 25.6. The van der Waals surface area contributed by atoms with Crippen molar-refractivity contribution >= 4 is 5.91 Å². The molecule has 0 unspecified atom stereocenters. The third-order valence-corrected chi connectivity index (χ3v) is 4.20. The Kier molecular flexibility index (Phi) is 4.19. The topological polar surface area (TPSA) is 62.5 Å². The highest BCUT2D eigenvalue weighted by atomic mass is 19.2. The minimum atomic E-state index is -0.997. The predicted molar refractivity (Wildman–Crippen MR) is 82.4 cm³/mol. The van der Waals surface area contributed by atoms with Crippen molar-refractivity contribution in [1.29, 1.82) is 0 Å². The molecular formula is C17H16F2N2O3. The number of halogens is 2. The first-order chi connectivity index (χ1) is 11.4. The van der Waals surface area contributed by atoms with Crippen molar-refractivity contribution in [2.45, 2.75) is 18.6 Å². The Morgan fingerprint density at radius 2 is 1.96 bits per heavy atom. The van der Waals surface area contributed by atoms with Crippen LogP contribution in [0, 0.1) is 11.6 Å². The van der Waals surface area contributed by atoms with Gasteiger partial charge < -0.3 is 14.6 Å². The standard InChI is InChI=1S/C17H16F2N2O3/c1-20-8-11(3-5-16(20)23)17(24)21-9-12(22)7-15(21)10-2-4-13(18)14(19)6-10/h2-6,8,12,15,22H,7,9H2,1H3/t12-,15-/m0/s1. The van der Waals surface area contributed by atoms with Crippen LogP contribution in [-0.4, -0.2) is 33.1 Å². The second kappa shape index (κ2) is 6.16. The molecule has 2 aromatic rings. The van der Waals surface area contributed by atoms with Gasteiger partial charge in [-0.3, -0.25) is 9.59 Å². The molecular weight excluding hydrogens is 318 g/mol. The minimum absolute atomic E-state index is 0.0886. The predicted octanol–water partition coefficient (Wildman–Crippen LogP) is 1.61. The highest BCUT2D eigenvalue weighted by molar-refractivity contribution is 5.94. The van der Waals surface area contributed by atoms with Crippen LogP contribution in [0.15, 0.2) is 41.3 Å². The second-order valence-electron chi connectivity index (χ2n) is 5.90. The number of aryl methyl sites for hydroxylation is 1. The van der Waals surface area contributed by atoms with Gasteiger partial charge >= 0.3 is 0 Å². The molecule has 24 heavy (non-hydrogen) atoms. The molecule has 1 aromatic carbocycles. The number of β-amino-alcohol motifs (C(OH)–C–C–N with tert-alkyl or cyclic N) is 1. The van der Waals surface area contributed by atoms with Gasteiger partial charge in [0, 0.05) is 25.9 Å². The van der Waals surface area contributed by atoms with Crippen molar-refractivity contribution in [1.82, 2.24) is 9.47 Å². The van der Waals surface area contributed by atoms with Gasteiger partial charge in [-0.05, 0) is 30.2 Å². The lowest BCUT2D eigenvalue weighted by Crippen LogP contribution is -2.32. The van der Waals surface area contributed by atoms with E-state index in [0.29, 0.717) is 11.1 Å². The molecule has 2 atom stereocenters. The number of hydrogen-bond acceptors (Lipinski definition) is 3. The van der Waals surface area contributed by atoms with Gasteiger partial charge in [0.05, 0.1) is 17.7 Å². The van der Waals surface area contributed by atoms with E-state index < -0.39 is 23.8 Å². The maximum absolute atomic E-state index is 13.5. The lowest BCUT2D eigenvalue weighted by atomic mass is 10.0. The van der Waals surface area contributed by atoms with Crippen LogP contribution >= 0.6 is 0 Å². The molecule has 5 nitrogen and oxygen atoms in total. The first-order valence-electron chi connectivity index (χ1n) is 7.47. The van der Waals surface area contributed by atoms with Crippen molar-refractivity contribution in [2.75, 3.05) is 6.54 Å². The van der Waals surface area contributed by atoms with Gasteiger partial charge in [-0.25, -0.2) is 8.78 Å². The van der Waals surface area contributed by atoms with Crippen LogP contribution in [0.2, 0.25) is 0 Å². The van der Waals surface area contributed by atoms with E-state index in [1.807, 2.05) is 0 Å². The summed E-state index contributed by atoms with van der Waals surface area (Å²) in [6, 6.07) is 5.59. The molecule has 1 N–H and O–H groups in total. The average Bonchev–Trinajstić information content (AvgIpc) is 2.94. The van der Waals surface area contributed by atoms with Crippen molar-refractivity contribution < 1.29 is 18.7 Å². The number of aliphatic hydroxyl groups is 1. The first kappa shape index (κ1) is 16.3. The average molecular weight is 334 g/mol. The third-order valence-electron chi connectivity index (χ3n) is 4.20. The van der Waals surface area contributed by atoms with E-state index in [1.165, 1.54) is 40.9 Å². The number of rotatable bonds is 2.